The number of carboxylic acid groups (broad SMARTS) is 1. The highest BCUT2D eigenvalue weighted by Crippen LogP contribution is 2.19. The summed E-state index contributed by atoms with van der Waals surface area (Å²) in [6.45, 7) is 2.34. The zero-order chi connectivity index (χ0) is 24.0. The van der Waals surface area contributed by atoms with E-state index < -0.39 is 5.97 Å². The van der Waals surface area contributed by atoms with E-state index in [-0.39, 0.29) is 5.91 Å². The lowest BCUT2D eigenvalue weighted by molar-refractivity contribution is -0.132. The number of carbonyl (C=O) groups is 2. The van der Waals surface area contributed by atoms with Crippen molar-refractivity contribution in [3.8, 4) is 0 Å². The molecule has 0 radical (unpaired) electrons. The van der Waals surface area contributed by atoms with Gasteiger partial charge >= 0.3 is 5.97 Å². The molecule has 0 saturated carbocycles. The van der Waals surface area contributed by atoms with E-state index in [0.29, 0.717) is 45.6 Å². The monoisotopic (exact) mass is 459 g/mol. The Hall–Kier alpha value is -3.44. The van der Waals surface area contributed by atoms with Gasteiger partial charge in [-0.2, -0.15) is 0 Å². The van der Waals surface area contributed by atoms with Crippen molar-refractivity contribution in [2.24, 2.45) is 0 Å². The predicted molar refractivity (Wildman–Crippen MR) is 136 cm³/mol. The van der Waals surface area contributed by atoms with Crippen molar-refractivity contribution in [2.45, 2.75) is 38.7 Å². The van der Waals surface area contributed by atoms with Crippen LogP contribution in [0.3, 0.4) is 0 Å². The molecule has 0 aliphatic carbocycles. The molecule has 0 heterocycles. The number of nitrogens with zero attached hydrogens (tertiary/aromatic N) is 1. The summed E-state index contributed by atoms with van der Waals surface area (Å²) in [5.41, 5.74) is 2.35. The molecule has 1 N–H and O–H groups in total. The van der Waals surface area contributed by atoms with Crippen LogP contribution in [-0.4, -0.2) is 41.6 Å². The maximum Gasteiger partial charge on any atom is 0.327 e. The van der Waals surface area contributed by atoms with Crippen molar-refractivity contribution in [1.29, 1.82) is 0 Å². The Morgan fingerprint density at radius 3 is 2.47 bits per heavy atom. The van der Waals surface area contributed by atoms with Crippen molar-refractivity contribution in [2.75, 3.05) is 19.7 Å². The molecule has 0 bridgehead atoms. The molecule has 0 unspecified atom stereocenters. The fraction of sp³-hybridized carbons (Fsp3) is 0.310. The Balaban J connectivity index is 1.52. The van der Waals surface area contributed by atoms with Crippen LogP contribution in [0.15, 0.2) is 84.9 Å². The summed E-state index contributed by atoms with van der Waals surface area (Å²) in [7, 11) is 0. The van der Waals surface area contributed by atoms with E-state index in [0.717, 1.165) is 24.5 Å². The Morgan fingerprint density at radius 1 is 0.882 bits per heavy atom. The summed E-state index contributed by atoms with van der Waals surface area (Å²) in [5.74, 6) is -0.829. The van der Waals surface area contributed by atoms with Crippen molar-refractivity contribution in [3.05, 3.63) is 96.1 Å². The Morgan fingerprint density at radius 2 is 1.65 bits per heavy atom. The third-order valence-corrected chi connectivity index (χ3v) is 5.73. The van der Waals surface area contributed by atoms with Crippen LogP contribution in [0, 0.1) is 0 Å². The van der Waals surface area contributed by atoms with Gasteiger partial charge in [-0.3, -0.25) is 4.79 Å². The van der Waals surface area contributed by atoms with E-state index in [2.05, 4.69) is 30.3 Å². The minimum Gasteiger partial charge on any atom is -0.478 e. The third kappa shape index (κ3) is 8.49. The second-order valence-corrected chi connectivity index (χ2v) is 8.29. The molecule has 178 valence electrons. The first-order chi connectivity index (χ1) is 16.6. The zero-order valence-electron chi connectivity index (χ0n) is 19.6. The third-order valence-electron chi connectivity index (χ3n) is 5.73. The van der Waals surface area contributed by atoms with Crippen molar-refractivity contribution in [3.63, 3.8) is 0 Å². The van der Waals surface area contributed by atoms with Crippen molar-refractivity contribution < 1.29 is 19.4 Å². The highest BCUT2D eigenvalue weighted by Gasteiger charge is 2.14. The van der Waals surface area contributed by atoms with Crippen LogP contribution in [-0.2, 0) is 27.4 Å². The number of benzene rings is 3. The number of hydrogen-bond acceptors (Lipinski definition) is 3. The smallest absolute Gasteiger partial charge is 0.327 e. The summed E-state index contributed by atoms with van der Waals surface area (Å²) in [6, 6.07) is 24.6. The molecule has 3 rings (SSSR count). The number of ether oxygens (including phenoxy) is 1. The zero-order valence-corrected chi connectivity index (χ0v) is 19.6. The van der Waals surface area contributed by atoms with Crippen molar-refractivity contribution in [1.82, 2.24) is 4.90 Å². The number of allylic oxidation sites excluding steroid dienone is 1. The number of amides is 1. The number of aliphatic carboxylic acids is 1. The summed E-state index contributed by atoms with van der Waals surface area (Å²) < 4.78 is 5.73. The molecular formula is C29H33NO4. The van der Waals surface area contributed by atoms with Crippen LogP contribution in [0.2, 0.25) is 0 Å². The lowest BCUT2D eigenvalue weighted by atomic mass is 10.0. The SMILES string of the molecule is O=C(O)C=CCCCN(CCc1cccc2ccccc12)C(=O)CCCOCc1ccccc1. The number of carboxylic acids is 1. The molecule has 0 fully saturated rings. The van der Waals surface area contributed by atoms with E-state index in [9.17, 15) is 9.59 Å². The number of hydrogen-bond donors (Lipinski definition) is 1. The largest absolute Gasteiger partial charge is 0.478 e. The fourth-order valence-corrected chi connectivity index (χ4v) is 3.96. The standard InChI is InChI=1S/C29H33NO4/c31-28(17-10-22-34-23-24-11-3-1-4-12-24)30(20-8-2-5-18-29(32)33)21-19-26-15-9-14-25-13-6-7-16-27(25)26/h1,3-7,9,11-16,18H,2,8,10,17,19-23H2,(H,32,33). The van der Waals surface area contributed by atoms with Crippen molar-refractivity contribution >= 4 is 22.6 Å². The van der Waals surface area contributed by atoms with Crippen LogP contribution < -0.4 is 0 Å². The van der Waals surface area contributed by atoms with Crippen LogP contribution in [0.4, 0.5) is 0 Å². The summed E-state index contributed by atoms with van der Waals surface area (Å²) >= 11 is 0. The highest BCUT2D eigenvalue weighted by atomic mass is 16.5. The minimum atomic E-state index is -0.945. The molecule has 0 aliphatic heterocycles. The van der Waals surface area contributed by atoms with Gasteiger partial charge in [0.2, 0.25) is 5.91 Å². The van der Waals surface area contributed by atoms with E-state index >= 15 is 0 Å². The normalized spacial score (nSPS) is 11.2. The maximum atomic E-state index is 13.0. The molecule has 0 saturated heterocycles. The first kappa shape index (κ1) is 25.2. The van der Waals surface area contributed by atoms with E-state index in [4.69, 9.17) is 9.84 Å². The van der Waals surface area contributed by atoms with Gasteiger partial charge in [0.25, 0.3) is 0 Å². The molecule has 5 nitrogen and oxygen atoms in total. The second-order valence-electron chi connectivity index (χ2n) is 8.29. The Labute approximate surface area is 201 Å². The number of rotatable bonds is 14. The van der Waals surface area contributed by atoms with Gasteiger partial charge < -0.3 is 14.7 Å². The summed E-state index contributed by atoms with van der Waals surface area (Å²) in [6.07, 6.45) is 6.06. The summed E-state index contributed by atoms with van der Waals surface area (Å²) in [5, 5.41) is 11.2. The second kappa shape index (κ2) is 14.0. The van der Waals surface area contributed by atoms with Crippen LogP contribution >= 0.6 is 0 Å². The Bertz CT molecular complexity index is 1070. The lowest BCUT2D eigenvalue weighted by Gasteiger charge is -2.23. The van der Waals surface area contributed by atoms with Gasteiger partial charge in [0.1, 0.15) is 0 Å². The molecule has 0 spiro atoms. The van der Waals surface area contributed by atoms with Gasteiger partial charge in [0.15, 0.2) is 0 Å². The minimum absolute atomic E-state index is 0.116. The number of carbonyl (C=O) groups excluding carboxylic acids is 1. The molecule has 34 heavy (non-hydrogen) atoms. The van der Waals surface area contributed by atoms with Gasteiger partial charge in [-0.05, 0) is 47.6 Å². The summed E-state index contributed by atoms with van der Waals surface area (Å²) in [4.78, 5) is 25.6. The van der Waals surface area contributed by atoms with Gasteiger partial charge in [-0.25, -0.2) is 4.79 Å². The first-order valence-corrected chi connectivity index (χ1v) is 11.9. The average Bonchev–Trinajstić information content (AvgIpc) is 2.85. The molecule has 0 aliphatic rings. The predicted octanol–water partition coefficient (Wildman–Crippen LogP) is 5.63. The topological polar surface area (TPSA) is 66.8 Å². The van der Waals surface area contributed by atoms with E-state index in [1.54, 1.807) is 6.08 Å². The molecule has 3 aromatic carbocycles. The molecular weight excluding hydrogens is 426 g/mol. The fourth-order valence-electron chi connectivity index (χ4n) is 3.96. The molecule has 3 aromatic rings. The molecule has 0 aromatic heterocycles. The van der Waals surface area contributed by atoms with Gasteiger partial charge in [-0.1, -0.05) is 78.9 Å². The first-order valence-electron chi connectivity index (χ1n) is 11.9. The number of fused-ring (bicyclic) bond motifs is 1. The van der Waals surface area contributed by atoms with Crippen LogP contribution in [0.1, 0.15) is 36.8 Å². The molecule has 5 heteroatoms. The van der Waals surface area contributed by atoms with E-state index in [1.807, 2.05) is 47.4 Å². The highest BCUT2D eigenvalue weighted by molar-refractivity contribution is 5.85. The molecule has 1 amide bonds. The number of unbranched alkanes of at least 4 members (excludes halogenated alkanes) is 1. The average molecular weight is 460 g/mol. The quantitative estimate of drug-likeness (QED) is 0.251. The molecule has 0 atom stereocenters. The maximum absolute atomic E-state index is 13.0. The van der Waals surface area contributed by atoms with Crippen LogP contribution in [0.5, 0.6) is 0 Å². The van der Waals surface area contributed by atoms with Crippen LogP contribution in [0.25, 0.3) is 10.8 Å². The Kier molecular flexibility index (Phi) is 10.3. The van der Waals surface area contributed by atoms with E-state index in [1.165, 1.54) is 16.3 Å². The van der Waals surface area contributed by atoms with Gasteiger partial charge in [0.05, 0.1) is 6.61 Å². The lowest BCUT2D eigenvalue weighted by Crippen LogP contribution is -2.34. The van der Waals surface area contributed by atoms with Gasteiger partial charge in [-0.15, -0.1) is 0 Å². The van der Waals surface area contributed by atoms with Gasteiger partial charge in [0, 0.05) is 32.2 Å².